The molecule has 7 heteroatoms. The highest BCUT2D eigenvalue weighted by Crippen LogP contribution is 2.10. The van der Waals surface area contributed by atoms with Crippen LogP contribution in [-0.2, 0) is 20.8 Å². The second-order valence-corrected chi connectivity index (χ2v) is 6.61. The summed E-state index contributed by atoms with van der Waals surface area (Å²) < 4.78 is 9.98. The van der Waals surface area contributed by atoms with E-state index in [-0.39, 0.29) is 37.5 Å². The molecule has 1 heterocycles. The van der Waals surface area contributed by atoms with E-state index in [4.69, 9.17) is 9.47 Å². The topological polar surface area (TPSA) is 93.7 Å². The summed E-state index contributed by atoms with van der Waals surface area (Å²) in [6, 6.07) is 6.59. The lowest BCUT2D eigenvalue weighted by molar-refractivity contribution is -0.137. The summed E-state index contributed by atoms with van der Waals surface area (Å²) in [6.45, 7) is 5.81. The number of benzene rings is 1. The molecule has 0 unspecified atom stereocenters. The summed E-state index contributed by atoms with van der Waals surface area (Å²) in [5.41, 5.74) is 0.664. The number of hydrogen-bond donors (Lipinski definition) is 2. The normalized spacial score (nSPS) is 17.1. The third kappa shape index (κ3) is 5.57. The third-order valence-electron chi connectivity index (χ3n) is 3.22. The van der Waals surface area contributed by atoms with Crippen molar-refractivity contribution in [3.63, 3.8) is 0 Å². The Morgan fingerprint density at radius 1 is 1.33 bits per heavy atom. The molecule has 1 aliphatic rings. The largest absolute Gasteiger partial charge is 0.463 e. The molecule has 0 aromatic heterocycles. The molecule has 7 nitrogen and oxygen atoms in total. The van der Waals surface area contributed by atoms with Crippen LogP contribution in [0.5, 0.6) is 0 Å². The number of nitrogens with one attached hydrogen (secondary N) is 2. The number of alkyl carbamates (subject to hydrolysis) is 1. The molecule has 130 valence electrons. The second-order valence-electron chi connectivity index (χ2n) is 6.61. The number of esters is 1. The lowest BCUT2D eigenvalue weighted by atomic mass is 10.1. The number of cyclic esters (lactones) is 1. The zero-order valence-electron chi connectivity index (χ0n) is 14.0. The van der Waals surface area contributed by atoms with E-state index in [2.05, 4.69) is 10.6 Å². The van der Waals surface area contributed by atoms with Crippen LogP contribution in [0.2, 0.25) is 0 Å². The first kappa shape index (κ1) is 17.8. The highest BCUT2D eigenvalue weighted by molar-refractivity contribution is 5.95. The molecule has 0 aliphatic carbocycles. The average Bonchev–Trinajstić information content (AvgIpc) is 2.89. The standard InChI is InChI=1S/C17H22N2O5/c1-17(2,3)24-16(22)18-9-11-5-4-6-12(7-11)15(21)19-13-8-14(20)23-10-13/h4-7,13H,8-10H2,1-3H3,(H,18,22)(H,19,21)/t13-/m1/s1. The number of carbonyl (C=O) groups excluding carboxylic acids is 3. The first-order valence-corrected chi connectivity index (χ1v) is 7.75. The van der Waals surface area contributed by atoms with Gasteiger partial charge in [-0.1, -0.05) is 12.1 Å². The fourth-order valence-corrected chi connectivity index (χ4v) is 2.18. The Morgan fingerprint density at radius 2 is 2.08 bits per heavy atom. The maximum Gasteiger partial charge on any atom is 0.407 e. The van der Waals surface area contributed by atoms with E-state index in [0.717, 1.165) is 5.56 Å². The van der Waals surface area contributed by atoms with Crippen LogP contribution in [0, 0.1) is 0 Å². The number of carbonyl (C=O) groups is 3. The summed E-state index contributed by atoms with van der Waals surface area (Å²) in [6.07, 6.45) is -0.329. The maximum absolute atomic E-state index is 12.2. The van der Waals surface area contributed by atoms with Crippen LogP contribution in [-0.4, -0.2) is 36.2 Å². The van der Waals surface area contributed by atoms with Crippen molar-refractivity contribution in [2.45, 2.75) is 45.4 Å². The third-order valence-corrected chi connectivity index (χ3v) is 3.22. The van der Waals surface area contributed by atoms with Crippen molar-refractivity contribution in [3.05, 3.63) is 35.4 Å². The highest BCUT2D eigenvalue weighted by atomic mass is 16.6. The maximum atomic E-state index is 12.2. The number of ether oxygens (including phenoxy) is 2. The Morgan fingerprint density at radius 3 is 2.71 bits per heavy atom. The van der Waals surface area contributed by atoms with Crippen LogP contribution < -0.4 is 10.6 Å². The summed E-state index contributed by atoms with van der Waals surface area (Å²) in [7, 11) is 0. The quantitative estimate of drug-likeness (QED) is 0.818. The van der Waals surface area contributed by atoms with E-state index >= 15 is 0 Å². The van der Waals surface area contributed by atoms with Crippen LogP contribution in [0.25, 0.3) is 0 Å². The molecule has 1 saturated heterocycles. The fourth-order valence-electron chi connectivity index (χ4n) is 2.18. The van der Waals surface area contributed by atoms with Crippen molar-refractivity contribution in [1.82, 2.24) is 10.6 Å². The van der Waals surface area contributed by atoms with E-state index in [1.807, 2.05) is 0 Å². The Labute approximate surface area is 140 Å². The molecule has 2 rings (SSSR count). The smallest absolute Gasteiger partial charge is 0.407 e. The lowest BCUT2D eigenvalue weighted by Crippen LogP contribution is -2.35. The van der Waals surface area contributed by atoms with Gasteiger partial charge < -0.3 is 20.1 Å². The zero-order valence-corrected chi connectivity index (χ0v) is 14.0. The number of rotatable bonds is 4. The SMILES string of the molecule is CC(C)(C)OC(=O)NCc1cccc(C(=O)N[C@H]2COC(=O)C2)c1. The molecule has 1 aromatic rings. The van der Waals surface area contributed by atoms with Crippen LogP contribution in [0.1, 0.15) is 43.1 Å². The van der Waals surface area contributed by atoms with Gasteiger partial charge in [-0.25, -0.2) is 4.79 Å². The highest BCUT2D eigenvalue weighted by Gasteiger charge is 2.25. The van der Waals surface area contributed by atoms with E-state index < -0.39 is 11.7 Å². The molecule has 0 radical (unpaired) electrons. The summed E-state index contributed by atoms with van der Waals surface area (Å²) in [5, 5.41) is 5.39. The van der Waals surface area contributed by atoms with Crippen molar-refractivity contribution in [2.24, 2.45) is 0 Å². The molecule has 1 aromatic carbocycles. The molecule has 1 fully saturated rings. The van der Waals surface area contributed by atoms with Crippen LogP contribution in [0.15, 0.2) is 24.3 Å². The number of hydrogen-bond acceptors (Lipinski definition) is 5. The van der Waals surface area contributed by atoms with Crippen molar-refractivity contribution >= 4 is 18.0 Å². The van der Waals surface area contributed by atoms with Gasteiger partial charge in [-0.15, -0.1) is 0 Å². The second kappa shape index (κ2) is 7.33. The summed E-state index contributed by atoms with van der Waals surface area (Å²) >= 11 is 0. The minimum absolute atomic E-state index is 0.186. The molecule has 0 saturated carbocycles. The first-order valence-electron chi connectivity index (χ1n) is 7.75. The van der Waals surface area contributed by atoms with Gasteiger partial charge >= 0.3 is 12.1 Å². The predicted molar refractivity (Wildman–Crippen MR) is 86.3 cm³/mol. The lowest BCUT2D eigenvalue weighted by Gasteiger charge is -2.19. The van der Waals surface area contributed by atoms with Crippen LogP contribution in [0.3, 0.4) is 0 Å². The molecule has 24 heavy (non-hydrogen) atoms. The van der Waals surface area contributed by atoms with Gasteiger partial charge in [0.1, 0.15) is 12.2 Å². The summed E-state index contributed by atoms with van der Waals surface area (Å²) in [5.74, 6) is -0.590. The van der Waals surface area contributed by atoms with Crippen LogP contribution >= 0.6 is 0 Å². The zero-order chi connectivity index (χ0) is 17.7. The Bertz CT molecular complexity index is 636. The molecular weight excluding hydrogens is 312 g/mol. The van der Waals surface area contributed by atoms with Gasteiger partial charge in [0.2, 0.25) is 0 Å². The van der Waals surface area contributed by atoms with E-state index in [0.29, 0.717) is 5.56 Å². The molecule has 0 bridgehead atoms. The molecule has 1 aliphatic heterocycles. The van der Waals surface area contributed by atoms with Gasteiger partial charge in [-0.05, 0) is 38.5 Å². The van der Waals surface area contributed by atoms with Crippen molar-refractivity contribution in [2.75, 3.05) is 6.61 Å². The van der Waals surface area contributed by atoms with Crippen molar-refractivity contribution in [1.29, 1.82) is 0 Å². The monoisotopic (exact) mass is 334 g/mol. The Hall–Kier alpha value is -2.57. The number of amides is 2. The van der Waals surface area contributed by atoms with Gasteiger partial charge in [0.15, 0.2) is 0 Å². The van der Waals surface area contributed by atoms with E-state index in [1.54, 1.807) is 45.0 Å². The Kier molecular flexibility index (Phi) is 5.43. The van der Waals surface area contributed by atoms with Gasteiger partial charge in [0.25, 0.3) is 5.91 Å². The van der Waals surface area contributed by atoms with E-state index in [1.165, 1.54) is 0 Å². The van der Waals surface area contributed by atoms with Gasteiger partial charge in [-0.2, -0.15) is 0 Å². The first-order chi connectivity index (χ1) is 11.2. The predicted octanol–water partition coefficient (Wildman–Crippen LogP) is 1.76. The van der Waals surface area contributed by atoms with Gasteiger partial charge in [0, 0.05) is 12.1 Å². The average molecular weight is 334 g/mol. The minimum Gasteiger partial charge on any atom is -0.463 e. The Balaban J connectivity index is 1.90. The molecule has 1 atom stereocenters. The molecule has 2 N–H and O–H groups in total. The van der Waals surface area contributed by atoms with E-state index in [9.17, 15) is 14.4 Å². The van der Waals surface area contributed by atoms with Gasteiger partial charge in [0.05, 0.1) is 12.5 Å². The minimum atomic E-state index is -0.563. The van der Waals surface area contributed by atoms with Crippen molar-refractivity contribution < 1.29 is 23.9 Å². The van der Waals surface area contributed by atoms with Crippen LogP contribution in [0.4, 0.5) is 4.79 Å². The molecular formula is C17H22N2O5. The van der Waals surface area contributed by atoms with Crippen molar-refractivity contribution in [3.8, 4) is 0 Å². The summed E-state index contributed by atoms with van der Waals surface area (Å²) in [4.78, 5) is 34.9. The molecule has 0 spiro atoms. The molecule has 2 amide bonds. The van der Waals surface area contributed by atoms with Gasteiger partial charge in [-0.3, -0.25) is 9.59 Å². The fraction of sp³-hybridized carbons (Fsp3) is 0.471.